The number of aromatic nitrogens is 2. The summed E-state index contributed by atoms with van der Waals surface area (Å²) in [6, 6.07) is 8.10. The van der Waals surface area contributed by atoms with Crippen molar-refractivity contribution in [1.82, 2.24) is 9.97 Å². The van der Waals surface area contributed by atoms with E-state index in [-0.39, 0.29) is 10.8 Å². The molecule has 0 fully saturated rings. The van der Waals surface area contributed by atoms with Gasteiger partial charge in [-0.05, 0) is 59.9 Å². The molecule has 0 saturated heterocycles. The predicted molar refractivity (Wildman–Crippen MR) is 154 cm³/mol. The second-order valence-electron chi connectivity index (χ2n) is 11.4. The maximum atomic E-state index is 12.1. The first kappa shape index (κ1) is 30.2. The van der Waals surface area contributed by atoms with Crippen molar-refractivity contribution < 1.29 is 9.84 Å². The lowest BCUT2D eigenvalue weighted by molar-refractivity contribution is -0.0776. The Hall–Kier alpha value is -2.04. The number of pyridine rings is 1. The van der Waals surface area contributed by atoms with Gasteiger partial charge < -0.3 is 14.8 Å². The maximum Gasteiger partial charge on any atom is 0.126 e. The number of hydrogen-bond donors (Lipinski definition) is 2. The summed E-state index contributed by atoms with van der Waals surface area (Å²) in [4.78, 5) is 7.67. The van der Waals surface area contributed by atoms with E-state index >= 15 is 0 Å². The summed E-state index contributed by atoms with van der Waals surface area (Å²) in [5.74, 6) is 0.952. The summed E-state index contributed by atoms with van der Waals surface area (Å²) < 4.78 is 6.10. The van der Waals surface area contributed by atoms with Crippen molar-refractivity contribution in [2.24, 2.45) is 5.41 Å². The topological polar surface area (TPSA) is 58.1 Å². The highest BCUT2D eigenvalue weighted by molar-refractivity contribution is 6.30. The number of aliphatic hydroxyl groups is 1. The van der Waals surface area contributed by atoms with E-state index in [2.05, 4.69) is 64.5 Å². The molecule has 200 valence electrons. The maximum absolute atomic E-state index is 12.1. The number of aromatic amines is 1. The van der Waals surface area contributed by atoms with Gasteiger partial charge in [0, 0.05) is 46.0 Å². The number of benzene rings is 1. The molecule has 0 amide bonds. The van der Waals surface area contributed by atoms with Crippen LogP contribution in [-0.4, -0.2) is 27.3 Å². The minimum atomic E-state index is -0.950. The van der Waals surface area contributed by atoms with Crippen molar-refractivity contribution in [3.05, 3.63) is 58.5 Å². The van der Waals surface area contributed by atoms with Gasteiger partial charge in [0.1, 0.15) is 5.75 Å². The first-order valence-electron chi connectivity index (χ1n) is 13.5. The predicted octanol–water partition coefficient (Wildman–Crippen LogP) is 8.67. The van der Waals surface area contributed by atoms with Gasteiger partial charge in [-0.2, -0.15) is 0 Å². The molecule has 0 spiro atoms. The smallest absolute Gasteiger partial charge is 0.126 e. The van der Waals surface area contributed by atoms with E-state index in [0.717, 1.165) is 52.4 Å². The fourth-order valence-corrected chi connectivity index (χ4v) is 5.05. The summed E-state index contributed by atoms with van der Waals surface area (Å²) in [6.45, 7) is 19.7. The Morgan fingerprint density at radius 1 is 1.08 bits per heavy atom. The van der Waals surface area contributed by atoms with E-state index in [1.807, 2.05) is 38.2 Å². The number of halogens is 1. The minimum Gasteiger partial charge on any atom is -0.493 e. The molecule has 3 aromatic rings. The van der Waals surface area contributed by atoms with Crippen LogP contribution in [0.25, 0.3) is 10.9 Å². The molecule has 4 rings (SSSR count). The van der Waals surface area contributed by atoms with E-state index in [0.29, 0.717) is 12.8 Å². The standard InChI is InChI=1S/C26H33ClN2O2.C3H8.C2H6/c1-24(2,3)26(30,14-20-12-18-15-28-9-8-22(18)29-20)16-25(4,5)21-13-19(27)11-17-7-6-10-31-23(17)21;1-3-2;1-2/h8-9,11-13,15,29-30H,6-7,10,14,16H2,1-5H3;3H2,1-2H3;1-2H3. The minimum absolute atomic E-state index is 0.331. The van der Waals surface area contributed by atoms with Crippen LogP contribution in [0.3, 0.4) is 0 Å². The summed E-state index contributed by atoms with van der Waals surface area (Å²) in [5, 5.41) is 13.9. The number of aryl methyl sites for hydroxylation is 1. The van der Waals surface area contributed by atoms with Gasteiger partial charge in [0.05, 0.1) is 12.2 Å². The quantitative estimate of drug-likeness (QED) is 0.358. The van der Waals surface area contributed by atoms with Crippen LogP contribution >= 0.6 is 11.6 Å². The highest BCUT2D eigenvalue weighted by atomic mass is 35.5. The molecule has 0 radical (unpaired) electrons. The number of nitrogens with one attached hydrogen (secondary N) is 1. The van der Waals surface area contributed by atoms with E-state index in [1.54, 1.807) is 6.20 Å². The van der Waals surface area contributed by atoms with Gasteiger partial charge in [-0.15, -0.1) is 0 Å². The molecule has 0 aliphatic carbocycles. The molecular weight excluding hydrogens is 468 g/mol. The molecule has 1 aromatic carbocycles. The van der Waals surface area contributed by atoms with Crippen molar-refractivity contribution in [2.45, 2.75) is 105 Å². The molecule has 2 aromatic heterocycles. The fraction of sp³-hybridized carbons (Fsp3) is 0.581. The van der Waals surface area contributed by atoms with Gasteiger partial charge in [-0.1, -0.05) is 80.3 Å². The van der Waals surface area contributed by atoms with Crippen LogP contribution in [0.1, 0.15) is 98.4 Å². The van der Waals surface area contributed by atoms with E-state index in [1.165, 1.54) is 12.0 Å². The Kier molecular flexibility index (Phi) is 10.5. The molecule has 1 atom stereocenters. The molecule has 2 N–H and O–H groups in total. The monoisotopic (exact) mass is 514 g/mol. The lowest BCUT2D eigenvalue weighted by Gasteiger charge is -2.45. The summed E-state index contributed by atoms with van der Waals surface area (Å²) >= 11 is 6.49. The molecule has 1 aliphatic heterocycles. The second kappa shape index (κ2) is 12.5. The number of H-pyrrole nitrogens is 1. The molecule has 1 unspecified atom stereocenters. The van der Waals surface area contributed by atoms with Gasteiger partial charge in [-0.3, -0.25) is 4.98 Å². The summed E-state index contributed by atoms with van der Waals surface area (Å²) in [6.07, 6.45) is 7.97. The first-order chi connectivity index (χ1) is 16.9. The molecule has 0 bridgehead atoms. The molecule has 1 aliphatic rings. The number of rotatable bonds is 5. The zero-order valence-electron chi connectivity index (χ0n) is 23.9. The number of hydrogen-bond acceptors (Lipinski definition) is 3. The SMILES string of the molecule is CC.CC(C)(CC(O)(Cc1cc2cnccc2[nH]1)C(C)(C)C)c1cc(Cl)cc2c1OCCC2.CCC. The molecule has 5 heteroatoms. The largest absolute Gasteiger partial charge is 0.493 e. The Balaban J connectivity index is 0.000000850. The molecule has 4 nitrogen and oxygen atoms in total. The van der Waals surface area contributed by atoms with Crippen molar-refractivity contribution in [3.63, 3.8) is 0 Å². The van der Waals surface area contributed by atoms with Gasteiger partial charge in [-0.25, -0.2) is 0 Å². The van der Waals surface area contributed by atoms with Crippen LogP contribution in [0.2, 0.25) is 5.02 Å². The lowest BCUT2D eigenvalue weighted by Crippen LogP contribution is -2.49. The zero-order chi connectivity index (χ0) is 27.1. The van der Waals surface area contributed by atoms with Crippen LogP contribution in [0.5, 0.6) is 5.75 Å². The highest BCUT2D eigenvalue weighted by Gasteiger charge is 2.45. The third-order valence-corrected chi connectivity index (χ3v) is 7.01. The summed E-state index contributed by atoms with van der Waals surface area (Å²) in [5.41, 5.74) is 2.69. The van der Waals surface area contributed by atoms with Crippen LogP contribution in [-0.2, 0) is 18.3 Å². The Bertz CT molecular complexity index is 1080. The van der Waals surface area contributed by atoms with Gasteiger partial charge in [0.25, 0.3) is 0 Å². The van der Waals surface area contributed by atoms with Crippen molar-refractivity contribution in [2.75, 3.05) is 6.61 Å². The molecular formula is C31H47ClN2O2. The molecule has 36 heavy (non-hydrogen) atoms. The van der Waals surface area contributed by atoms with Crippen molar-refractivity contribution in [1.29, 1.82) is 0 Å². The van der Waals surface area contributed by atoms with Crippen LogP contribution in [0.4, 0.5) is 0 Å². The number of fused-ring (bicyclic) bond motifs is 2. The number of nitrogens with zero attached hydrogens (tertiary/aromatic N) is 1. The Morgan fingerprint density at radius 2 is 1.75 bits per heavy atom. The summed E-state index contributed by atoms with van der Waals surface area (Å²) in [7, 11) is 0. The lowest BCUT2D eigenvalue weighted by atomic mass is 9.64. The average Bonchev–Trinajstić information content (AvgIpc) is 3.21. The normalized spacial score (nSPS) is 15.0. The first-order valence-corrected chi connectivity index (χ1v) is 13.9. The van der Waals surface area contributed by atoms with Crippen LogP contribution in [0, 0.1) is 5.41 Å². The third kappa shape index (κ3) is 7.04. The van der Waals surface area contributed by atoms with Gasteiger partial charge in [0.15, 0.2) is 0 Å². The van der Waals surface area contributed by atoms with E-state index in [4.69, 9.17) is 16.3 Å². The number of ether oxygens (including phenoxy) is 1. The second-order valence-corrected chi connectivity index (χ2v) is 11.8. The Morgan fingerprint density at radius 3 is 2.36 bits per heavy atom. The van der Waals surface area contributed by atoms with E-state index in [9.17, 15) is 5.11 Å². The van der Waals surface area contributed by atoms with Gasteiger partial charge >= 0.3 is 0 Å². The Labute approximate surface area is 223 Å². The van der Waals surface area contributed by atoms with Crippen LogP contribution in [0.15, 0.2) is 36.7 Å². The average molecular weight is 515 g/mol. The fourth-order valence-electron chi connectivity index (χ4n) is 4.81. The molecule has 3 heterocycles. The zero-order valence-corrected chi connectivity index (χ0v) is 24.6. The molecule has 0 saturated carbocycles. The van der Waals surface area contributed by atoms with Crippen molar-refractivity contribution >= 4 is 22.5 Å². The van der Waals surface area contributed by atoms with Crippen LogP contribution < -0.4 is 4.74 Å². The third-order valence-electron chi connectivity index (χ3n) is 6.79. The van der Waals surface area contributed by atoms with E-state index < -0.39 is 5.60 Å². The highest BCUT2D eigenvalue weighted by Crippen LogP contribution is 2.47. The van der Waals surface area contributed by atoms with Crippen molar-refractivity contribution in [3.8, 4) is 5.75 Å². The van der Waals surface area contributed by atoms with Gasteiger partial charge in [0.2, 0.25) is 0 Å².